The number of hydrogen-bond acceptors (Lipinski definition) is 2. The van der Waals surface area contributed by atoms with Gasteiger partial charge in [-0.05, 0) is 25.7 Å². The van der Waals surface area contributed by atoms with Crippen LogP contribution in [0.1, 0.15) is 153 Å². The summed E-state index contributed by atoms with van der Waals surface area (Å²) in [7, 11) is 0. The smallest absolute Gasteiger partial charge is 0.872 e. The van der Waals surface area contributed by atoms with Crippen LogP contribution in [0.2, 0.25) is 0 Å². The minimum absolute atomic E-state index is 0. The second-order valence-electron chi connectivity index (χ2n) is 11.1. The van der Waals surface area contributed by atoms with E-state index in [1.165, 1.54) is 116 Å². The van der Waals surface area contributed by atoms with Crippen molar-refractivity contribution in [1.29, 1.82) is 0 Å². The molecule has 0 aromatic heterocycles. The Labute approximate surface area is 262 Å². The molecule has 0 bridgehead atoms. The molecule has 0 spiro atoms. The van der Waals surface area contributed by atoms with Crippen LogP contribution < -0.4 is 10.2 Å². The molecule has 0 fully saturated rings. The third-order valence-electron chi connectivity index (χ3n) is 7.54. The fraction of sp³-hybridized carbons (Fsp3) is 0.667. The van der Waals surface area contributed by atoms with Crippen LogP contribution in [0.25, 0.3) is 0 Å². The molecule has 0 aliphatic carbocycles. The summed E-state index contributed by atoms with van der Waals surface area (Å²) in [4.78, 5) is 0. The maximum absolute atomic E-state index is 11.5. The van der Waals surface area contributed by atoms with Crippen LogP contribution in [-0.4, -0.2) is 27.3 Å². The number of hydrogen-bond donors (Lipinski definition) is 0. The molecule has 2 aromatic rings. The van der Waals surface area contributed by atoms with Crippen molar-refractivity contribution in [1.82, 2.24) is 0 Å². The molecule has 0 saturated carbocycles. The summed E-state index contributed by atoms with van der Waals surface area (Å²) in [5.74, 6) is 0.414. The van der Waals surface area contributed by atoms with Crippen LogP contribution in [0.4, 0.5) is 0 Å². The summed E-state index contributed by atoms with van der Waals surface area (Å²) in [5.41, 5.74) is 1.98. The monoisotopic (exact) mass is 730 g/mol. The van der Waals surface area contributed by atoms with Crippen molar-refractivity contribution >= 4 is 27.3 Å². The molecule has 0 aliphatic heterocycles. The number of aryl methyl sites for hydroxylation is 2. The molecule has 3 heteroatoms. The Morgan fingerprint density at radius 1 is 0.385 bits per heavy atom. The summed E-state index contributed by atoms with van der Waals surface area (Å²) >= 11 is 0. The average Bonchev–Trinajstić information content (AvgIpc) is 2.93. The van der Waals surface area contributed by atoms with Crippen molar-refractivity contribution in [2.75, 3.05) is 0 Å². The first-order valence-corrected chi connectivity index (χ1v) is 16.2. The maximum Gasteiger partial charge on any atom is 2.00 e. The van der Waals surface area contributed by atoms with Gasteiger partial charge in [0.15, 0.2) is 0 Å². The Hall–Kier alpha value is -1.04. The third kappa shape index (κ3) is 22.3. The molecule has 0 N–H and O–H groups in total. The first kappa shape index (κ1) is 38.0. The molecule has 2 nitrogen and oxygen atoms in total. The van der Waals surface area contributed by atoms with Gasteiger partial charge in [0.1, 0.15) is 0 Å². The van der Waals surface area contributed by atoms with Crippen LogP contribution in [0.3, 0.4) is 0 Å². The molecule has 2 aromatic carbocycles. The zero-order valence-electron chi connectivity index (χ0n) is 25.5. The van der Waals surface area contributed by atoms with Crippen molar-refractivity contribution in [3.63, 3.8) is 0 Å². The van der Waals surface area contributed by atoms with Gasteiger partial charge in [0, 0.05) is 0 Å². The molecule has 0 amide bonds. The maximum atomic E-state index is 11.5. The number of unbranched alkanes of at least 4 members (excludes halogenated alkanes) is 18. The Bertz CT molecular complexity index is 711. The zero-order chi connectivity index (χ0) is 27.5. The van der Waals surface area contributed by atoms with Crippen LogP contribution in [0.15, 0.2) is 48.5 Å². The predicted octanol–water partition coefficient (Wildman–Crippen LogP) is 10.1. The summed E-state index contributed by atoms with van der Waals surface area (Å²) in [6.45, 7) is 4.53. The van der Waals surface area contributed by atoms with E-state index < -0.39 is 0 Å². The average molecular weight is 730 g/mol. The summed E-state index contributed by atoms with van der Waals surface area (Å²) in [6.07, 6.45) is 28.9. The van der Waals surface area contributed by atoms with Gasteiger partial charge >= 0.3 is 27.3 Å². The molecular weight excluding hydrogens is 672 g/mol. The molecular formula is C36H58O2Pb. The Balaban J connectivity index is 0.000000722. The topological polar surface area (TPSA) is 46.1 Å². The van der Waals surface area contributed by atoms with E-state index in [1.807, 2.05) is 36.4 Å². The molecule has 39 heavy (non-hydrogen) atoms. The van der Waals surface area contributed by atoms with E-state index >= 15 is 0 Å². The first-order chi connectivity index (χ1) is 18.7. The van der Waals surface area contributed by atoms with Crippen molar-refractivity contribution in [3.8, 4) is 11.5 Å². The molecule has 0 atom stereocenters. The largest absolute Gasteiger partial charge is 2.00 e. The summed E-state index contributed by atoms with van der Waals surface area (Å²) in [6, 6.07) is 14.9. The van der Waals surface area contributed by atoms with E-state index in [0.29, 0.717) is 0 Å². The van der Waals surface area contributed by atoms with Crippen LogP contribution in [0, 0.1) is 0 Å². The molecule has 0 aliphatic rings. The van der Waals surface area contributed by atoms with E-state index in [-0.39, 0.29) is 38.8 Å². The Morgan fingerprint density at radius 3 is 0.923 bits per heavy atom. The molecule has 218 valence electrons. The van der Waals surface area contributed by atoms with Crippen LogP contribution >= 0.6 is 0 Å². The second-order valence-corrected chi connectivity index (χ2v) is 11.1. The van der Waals surface area contributed by atoms with E-state index in [4.69, 9.17) is 0 Å². The Kier molecular flexibility index (Phi) is 27.7. The third-order valence-corrected chi connectivity index (χ3v) is 7.54. The van der Waals surface area contributed by atoms with Crippen LogP contribution in [0.5, 0.6) is 11.5 Å². The van der Waals surface area contributed by atoms with Gasteiger partial charge in [-0.1, -0.05) is 189 Å². The fourth-order valence-electron chi connectivity index (χ4n) is 5.03. The Morgan fingerprint density at radius 2 is 0.641 bits per heavy atom. The SMILES string of the molecule is CCCCCCCCCCCCc1ccccc1[O-].CCCCCCCCCCCCc1ccccc1[O-].[Pb+2]. The number of rotatable bonds is 22. The molecule has 0 saturated heterocycles. The van der Waals surface area contributed by atoms with E-state index in [9.17, 15) is 10.2 Å². The van der Waals surface area contributed by atoms with Gasteiger partial charge in [0.25, 0.3) is 0 Å². The molecule has 0 unspecified atom stereocenters. The second kappa shape index (κ2) is 28.5. The first-order valence-electron chi connectivity index (χ1n) is 16.2. The van der Waals surface area contributed by atoms with Crippen molar-refractivity contribution in [2.24, 2.45) is 0 Å². The van der Waals surface area contributed by atoms with Crippen LogP contribution in [-0.2, 0) is 12.8 Å². The zero-order valence-corrected chi connectivity index (χ0v) is 29.4. The van der Waals surface area contributed by atoms with E-state index in [1.54, 1.807) is 12.1 Å². The normalized spacial score (nSPS) is 10.5. The van der Waals surface area contributed by atoms with E-state index in [2.05, 4.69) is 13.8 Å². The summed E-state index contributed by atoms with van der Waals surface area (Å²) < 4.78 is 0. The van der Waals surface area contributed by atoms with Gasteiger partial charge in [-0.2, -0.15) is 0 Å². The van der Waals surface area contributed by atoms with Gasteiger partial charge in [-0.15, -0.1) is 11.5 Å². The number of benzene rings is 2. The number of para-hydroxylation sites is 2. The fourth-order valence-corrected chi connectivity index (χ4v) is 5.03. The van der Waals surface area contributed by atoms with Crippen molar-refractivity contribution in [3.05, 3.63) is 59.7 Å². The standard InChI is InChI=1S/2C18H30O.Pb/c2*1-2-3-4-5-6-7-8-9-10-11-14-17-15-12-13-16-18(17)19;/h2*12-13,15-16,19H,2-11,14H2,1H3;/q;;+2/p-2. The predicted molar refractivity (Wildman–Crippen MR) is 169 cm³/mol. The minimum atomic E-state index is 0. The van der Waals surface area contributed by atoms with Crippen molar-refractivity contribution < 1.29 is 10.2 Å². The van der Waals surface area contributed by atoms with E-state index in [0.717, 1.165) is 36.8 Å². The van der Waals surface area contributed by atoms with Gasteiger partial charge in [0.05, 0.1) is 0 Å². The minimum Gasteiger partial charge on any atom is -0.872 e. The quantitative estimate of drug-likeness (QED) is 0.0895. The van der Waals surface area contributed by atoms with Gasteiger partial charge < -0.3 is 10.2 Å². The van der Waals surface area contributed by atoms with Gasteiger partial charge in [-0.25, -0.2) is 0 Å². The molecule has 0 heterocycles. The molecule has 2 rings (SSSR count). The van der Waals surface area contributed by atoms with Gasteiger partial charge in [0.2, 0.25) is 0 Å². The summed E-state index contributed by atoms with van der Waals surface area (Å²) in [5, 5.41) is 23.0. The van der Waals surface area contributed by atoms with Crippen molar-refractivity contribution in [2.45, 2.75) is 155 Å². The van der Waals surface area contributed by atoms with Gasteiger partial charge in [-0.3, -0.25) is 0 Å². The molecule has 2 radical (unpaired) electrons.